The number of carbonyl (C=O) groups is 2. The van der Waals surface area contributed by atoms with Crippen molar-refractivity contribution in [2.45, 2.75) is 31.8 Å². The van der Waals surface area contributed by atoms with E-state index >= 15 is 0 Å². The number of rotatable bonds is 7. The Hall–Kier alpha value is -3.37. The van der Waals surface area contributed by atoms with Crippen molar-refractivity contribution in [3.8, 4) is 5.88 Å². The van der Waals surface area contributed by atoms with Gasteiger partial charge in [0.25, 0.3) is 0 Å². The minimum atomic E-state index is -0.760. The number of hydrogen-bond acceptors (Lipinski definition) is 8. The topological polar surface area (TPSA) is 139 Å². The number of aliphatic carboxylic acids is 1. The lowest BCUT2D eigenvalue weighted by Gasteiger charge is -2.26. The third-order valence-electron chi connectivity index (χ3n) is 5.10. The van der Waals surface area contributed by atoms with Crippen LogP contribution in [0.3, 0.4) is 0 Å². The molecule has 2 aromatic heterocycles. The Kier molecular flexibility index (Phi) is 6.95. The molecule has 1 aromatic carbocycles. The molecule has 1 aliphatic rings. The lowest BCUT2D eigenvalue weighted by atomic mass is 9.87. The Morgan fingerprint density at radius 1 is 1.09 bits per heavy atom. The lowest BCUT2D eigenvalue weighted by molar-refractivity contribution is -0.143. The number of hydrogen-bond donors (Lipinski definition) is 3. The molecule has 3 N–H and O–H groups in total. The van der Waals surface area contributed by atoms with Crippen LogP contribution in [0.1, 0.15) is 36.4 Å². The van der Waals surface area contributed by atoms with Gasteiger partial charge in [-0.2, -0.15) is 0 Å². The normalized spacial score (nSPS) is 17.9. The predicted octanol–water partition coefficient (Wildman–Crippen LogP) is 4.79. The van der Waals surface area contributed by atoms with Crippen LogP contribution in [0.5, 0.6) is 5.88 Å². The van der Waals surface area contributed by atoms with Gasteiger partial charge in [0.15, 0.2) is 0 Å². The summed E-state index contributed by atoms with van der Waals surface area (Å²) in [5, 5.41) is 22.8. The van der Waals surface area contributed by atoms with Crippen molar-refractivity contribution in [3.05, 3.63) is 52.5 Å². The first kappa shape index (κ1) is 22.8. The molecule has 1 fully saturated rings. The van der Waals surface area contributed by atoms with Crippen LogP contribution < -0.4 is 15.4 Å². The summed E-state index contributed by atoms with van der Waals surface area (Å²) in [6.45, 7) is 0. The summed E-state index contributed by atoms with van der Waals surface area (Å²) in [5.41, 5.74) is 0.906. The van der Waals surface area contributed by atoms with Gasteiger partial charge < -0.3 is 24.9 Å². The van der Waals surface area contributed by atoms with Crippen LogP contribution in [0.2, 0.25) is 10.0 Å². The van der Waals surface area contributed by atoms with Crippen molar-refractivity contribution in [2.24, 2.45) is 5.92 Å². The van der Waals surface area contributed by atoms with E-state index in [9.17, 15) is 9.59 Å². The highest BCUT2D eigenvalue weighted by Gasteiger charge is 2.27. The number of carboxylic acids is 1. The number of carboxylic acid groups (broad SMARTS) is 1. The molecule has 3 aromatic rings. The zero-order valence-corrected chi connectivity index (χ0v) is 18.6. The molecule has 0 bridgehead atoms. The van der Waals surface area contributed by atoms with Gasteiger partial charge in [-0.1, -0.05) is 28.3 Å². The summed E-state index contributed by atoms with van der Waals surface area (Å²) < 4.78 is 11.2. The zero-order chi connectivity index (χ0) is 23.4. The van der Waals surface area contributed by atoms with Gasteiger partial charge in [0.05, 0.1) is 28.5 Å². The van der Waals surface area contributed by atoms with Gasteiger partial charge in [-0.3, -0.25) is 9.59 Å². The largest absolute Gasteiger partial charge is 0.481 e. The molecule has 2 heterocycles. The standard InChI is InChI=1S/C21H19Cl2N5O5/c22-12-3-7-16(15(23)9-12)26-21-28-27-19(33-21)18(29)25-13-4-8-17(24-10-13)32-14-5-1-11(2-6-14)20(30)31/h3-4,7-11,14H,1-2,5-6H2,(H,25,29)(H,26,28)(H,30,31)/t11-,14-. The number of amides is 1. The molecule has 1 amide bonds. The van der Waals surface area contributed by atoms with Gasteiger partial charge in [0, 0.05) is 11.1 Å². The molecule has 10 nitrogen and oxygen atoms in total. The van der Waals surface area contributed by atoms with Gasteiger partial charge in [0.2, 0.25) is 5.88 Å². The fourth-order valence-corrected chi connectivity index (χ4v) is 3.83. The average molecular weight is 492 g/mol. The number of carbonyl (C=O) groups excluding carboxylic acids is 1. The zero-order valence-electron chi connectivity index (χ0n) is 17.1. The summed E-state index contributed by atoms with van der Waals surface area (Å²) in [6, 6.07) is 8.08. The van der Waals surface area contributed by atoms with Gasteiger partial charge >= 0.3 is 23.8 Å². The Labute approximate surface area is 198 Å². The first-order valence-electron chi connectivity index (χ1n) is 10.1. The second-order valence-electron chi connectivity index (χ2n) is 7.43. The summed E-state index contributed by atoms with van der Waals surface area (Å²) in [5.74, 6) is -1.53. The van der Waals surface area contributed by atoms with Crippen LogP contribution in [0.25, 0.3) is 0 Å². The fraction of sp³-hybridized carbons (Fsp3) is 0.286. The van der Waals surface area contributed by atoms with Crippen LogP contribution in [-0.4, -0.2) is 38.3 Å². The maximum atomic E-state index is 12.4. The molecule has 4 rings (SSSR count). The Morgan fingerprint density at radius 2 is 1.88 bits per heavy atom. The Balaban J connectivity index is 1.30. The molecule has 0 unspecified atom stereocenters. The number of pyridine rings is 1. The van der Waals surface area contributed by atoms with Gasteiger partial charge in [-0.05, 0) is 49.9 Å². The van der Waals surface area contributed by atoms with Crippen LogP contribution in [0.4, 0.5) is 17.4 Å². The van der Waals surface area contributed by atoms with Crippen molar-refractivity contribution < 1.29 is 23.8 Å². The number of halogens is 2. The molecule has 0 aliphatic heterocycles. The summed E-state index contributed by atoms with van der Waals surface area (Å²) >= 11 is 12.0. The number of aromatic nitrogens is 3. The summed E-state index contributed by atoms with van der Waals surface area (Å²) in [6.07, 6.45) is 3.85. The van der Waals surface area contributed by atoms with Crippen molar-refractivity contribution in [1.29, 1.82) is 0 Å². The van der Waals surface area contributed by atoms with E-state index in [2.05, 4.69) is 25.8 Å². The highest BCUT2D eigenvalue weighted by Crippen LogP contribution is 2.29. The molecule has 172 valence electrons. The second-order valence-corrected chi connectivity index (χ2v) is 8.27. The first-order chi connectivity index (χ1) is 15.9. The molecule has 0 saturated heterocycles. The quantitative estimate of drug-likeness (QED) is 0.425. The Morgan fingerprint density at radius 3 is 2.55 bits per heavy atom. The van der Waals surface area contributed by atoms with Crippen LogP contribution in [0, 0.1) is 5.92 Å². The molecular formula is C21H19Cl2N5O5. The lowest BCUT2D eigenvalue weighted by Crippen LogP contribution is -2.28. The van der Waals surface area contributed by atoms with Crippen molar-refractivity contribution in [2.75, 3.05) is 10.6 Å². The number of nitrogens with one attached hydrogen (secondary N) is 2. The molecule has 1 aliphatic carbocycles. The predicted molar refractivity (Wildman–Crippen MR) is 120 cm³/mol. The molecule has 1 saturated carbocycles. The third-order valence-corrected chi connectivity index (χ3v) is 5.64. The smallest absolute Gasteiger partial charge is 0.320 e. The van der Waals surface area contributed by atoms with E-state index in [1.54, 1.807) is 30.3 Å². The summed E-state index contributed by atoms with van der Waals surface area (Å²) in [7, 11) is 0. The van der Waals surface area contributed by atoms with Crippen molar-refractivity contribution >= 4 is 52.5 Å². The molecule has 0 radical (unpaired) electrons. The maximum absolute atomic E-state index is 12.4. The number of nitrogens with zero attached hydrogens (tertiary/aromatic N) is 3. The highest BCUT2D eigenvalue weighted by molar-refractivity contribution is 6.36. The monoisotopic (exact) mass is 491 g/mol. The van der Waals surface area contributed by atoms with Gasteiger partial charge in [-0.15, -0.1) is 5.10 Å². The molecule has 12 heteroatoms. The van der Waals surface area contributed by atoms with Crippen LogP contribution in [-0.2, 0) is 4.79 Å². The van der Waals surface area contributed by atoms with E-state index in [4.69, 9.17) is 37.5 Å². The highest BCUT2D eigenvalue weighted by atomic mass is 35.5. The minimum absolute atomic E-state index is 0.0103. The number of benzene rings is 1. The first-order valence-corrected chi connectivity index (χ1v) is 10.9. The van der Waals surface area contributed by atoms with Gasteiger partial charge in [0.1, 0.15) is 6.10 Å². The number of anilines is 3. The molecule has 0 spiro atoms. The van der Waals surface area contributed by atoms with E-state index in [0.717, 1.165) is 0 Å². The van der Waals surface area contributed by atoms with E-state index in [1.807, 2.05) is 0 Å². The fourth-order valence-electron chi connectivity index (χ4n) is 3.38. The van der Waals surface area contributed by atoms with E-state index in [1.165, 1.54) is 6.20 Å². The van der Waals surface area contributed by atoms with Gasteiger partial charge in [-0.25, -0.2) is 4.98 Å². The van der Waals surface area contributed by atoms with Crippen LogP contribution >= 0.6 is 23.2 Å². The van der Waals surface area contributed by atoms with Crippen molar-refractivity contribution in [1.82, 2.24) is 15.2 Å². The van der Waals surface area contributed by atoms with E-state index in [0.29, 0.717) is 53.0 Å². The number of ether oxygens (including phenoxy) is 1. The van der Waals surface area contributed by atoms with E-state index in [-0.39, 0.29) is 23.9 Å². The third kappa shape index (κ3) is 5.91. The SMILES string of the molecule is O=C(Nc1ccc(O[C@H]2CC[C@H](C(=O)O)CC2)nc1)c1nnc(Nc2ccc(Cl)cc2Cl)o1. The average Bonchev–Trinajstić information content (AvgIpc) is 3.26. The summed E-state index contributed by atoms with van der Waals surface area (Å²) in [4.78, 5) is 27.6. The second kappa shape index (κ2) is 10.1. The molecular weight excluding hydrogens is 473 g/mol. The van der Waals surface area contributed by atoms with Crippen molar-refractivity contribution in [3.63, 3.8) is 0 Å². The maximum Gasteiger partial charge on any atom is 0.320 e. The molecule has 0 atom stereocenters. The van der Waals surface area contributed by atoms with E-state index < -0.39 is 11.9 Å². The van der Waals surface area contributed by atoms with Crippen LogP contribution in [0.15, 0.2) is 40.9 Å². The Bertz CT molecular complexity index is 1150. The minimum Gasteiger partial charge on any atom is -0.481 e. The molecule has 33 heavy (non-hydrogen) atoms.